The van der Waals surface area contributed by atoms with Gasteiger partial charge in [0.2, 0.25) is 0 Å². The van der Waals surface area contributed by atoms with E-state index in [4.69, 9.17) is 4.74 Å². The van der Waals surface area contributed by atoms with Gasteiger partial charge in [0, 0.05) is 23.6 Å². The first-order valence-corrected chi connectivity index (χ1v) is 6.82. The van der Waals surface area contributed by atoms with Gasteiger partial charge in [-0.15, -0.1) is 0 Å². The minimum Gasteiger partial charge on any atom is -0.497 e. The fraction of sp³-hybridized carbons (Fsp3) is 0.0588. The molecule has 3 rings (SSSR count). The number of carbonyl (C=O) groups is 1. The average Bonchev–Trinajstić information content (AvgIpc) is 3.10. The minimum atomic E-state index is -0.158. The molecule has 5 heteroatoms. The van der Waals surface area contributed by atoms with E-state index in [0.717, 1.165) is 17.1 Å². The smallest absolute Gasteiger partial charge is 0.255 e. The Morgan fingerprint density at radius 2 is 1.82 bits per heavy atom. The maximum Gasteiger partial charge on any atom is 0.255 e. The highest BCUT2D eigenvalue weighted by molar-refractivity contribution is 6.04. The molecule has 0 bridgehead atoms. The van der Waals surface area contributed by atoms with Crippen molar-refractivity contribution in [2.24, 2.45) is 0 Å². The second kappa shape index (κ2) is 6.13. The van der Waals surface area contributed by atoms with E-state index in [1.54, 1.807) is 42.3 Å². The van der Waals surface area contributed by atoms with Crippen LogP contribution in [0, 0.1) is 0 Å². The molecular formula is C17H15N3O2. The third-order valence-electron chi connectivity index (χ3n) is 3.25. The quantitative estimate of drug-likeness (QED) is 0.804. The number of anilines is 1. The van der Waals surface area contributed by atoms with Gasteiger partial charge in [0.1, 0.15) is 5.75 Å². The van der Waals surface area contributed by atoms with E-state index < -0.39 is 0 Å². The van der Waals surface area contributed by atoms with E-state index >= 15 is 0 Å². The number of nitrogens with one attached hydrogen (secondary N) is 1. The van der Waals surface area contributed by atoms with Gasteiger partial charge in [-0.2, -0.15) is 5.10 Å². The van der Waals surface area contributed by atoms with Crippen LogP contribution in [-0.2, 0) is 0 Å². The standard InChI is InChI=1S/C17H15N3O2/c1-22-16-9-3-13(4-10-16)17(21)19-14-5-7-15(8-6-14)20-12-2-11-18-20/h2-12H,1H3,(H,19,21). The second-order valence-electron chi connectivity index (χ2n) is 4.68. The lowest BCUT2D eigenvalue weighted by molar-refractivity contribution is 0.102. The number of nitrogens with zero attached hydrogens (tertiary/aromatic N) is 2. The molecule has 0 aliphatic rings. The number of hydrogen-bond acceptors (Lipinski definition) is 3. The van der Waals surface area contributed by atoms with E-state index in [1.807, 2.05) is 36.5 Å². The molecule has 0 aliphatic carbocycles. The van der Waals surface area contributed by atoms with Crippen LogP contribution in [-0.4, -0.2) is 22.8 Å². The van der Waals surface area contributed by atoms with Crippen LogP contribution < -0.4 is 10.1 Å². The zero-order chi connectivity index (χ0) is 15.4. The maximum atomic E-state index is 12.2. The summed E-state index contributed by atoms with van der Waals surface area (Å²) in [5.74, 6) is 0.564. The Bertz CT molecular complexity index is 748. The van der Waals surface area contributed by atoms with Crippen molar-refractivity contribution in [2.45, 2.75) is 0 Å². The first kappa shape index (κ1) is 13.9. The number of aromatic nitrogens is 2. The van der Waals surface area contributed by atoms with Crippen molar-refractivity contribution in [1.82, 2.24) is 9.78 Å². The molecule has 1 N–H and O–H groups in total. The van der Waals surface area contributed by atoms with Gasteiger partial charge in [-0.05, 0) is 54.6 Å². The summed E-state index contributed by atoms with van der Waals surface area (Å²) in [7, 11) is 1.59. The number of amides is 1. The van der Waals surface area contributed by atoms with Crippen LogP contribution in [0.1, 0.15) is 10.4 Å². The van der Waals surface area contributed by atoms with Gasteiger partial charge in [0.25, 0.3) is 5.91 Å². The summed E-state index contributed by atoms with van der Waals surface area (Å²) in [4.78, 5) is 12.2. The predicted octanol–water partition coefficient (Wildman–Crippen LogP) is 3.13. The Morgan fingerprint density at radius 3 is 2.41 bits per heavy atom. The van der Waals surface area contributed by atoms with Crippen molar-refractivity contribution in [2.75, 3.05) is 12.4 Å². The molecule has 1 aromatic heterocycles. The lowest BCUT2D eigenvalue weighted by Crippen LogP contribution is -2.11. The molecule has 0 unspecified atom stereocenters. The van der Waals surface area contributed by atoms with Gasteiger partial charge in [-0.1, -0.05) is 0 Å². The van der Waals surface area contributed by atoms with Crippen LogP contribution in [0.4, 0.5) is 5.69 Å². The highest BCUT2D eigenvalue weighted by atomic mass is 16.5. The molecule has 2 aromatic carbocycles. The molecule has 0 fully saturated rings. The van der Waals surface area contributed by atoms with Gasteiger partial charge in [0.15, 0.2) is 0 Å². The molecule has 0 saturated heterocycles. The fourth-order valence-corrected chi connectivity index (χ4v) is 2.06. The monoisotopic (exact) mass is 293 g/mol. The zero-order valence-electron chi connectivity index (χ0n) is 12.1. The molecule has 5 nitrogen and oxygen atoms in total. The lowest BCUT2D eigenvalue weighted by Gasteiger charge is -2.07. The molecule has 0 saturated carbocycles. The minimum absolute atomic E-state index is 0.158. The van der Waals surface area contributed by atoms with Crippen LogP contribution in [0.5, 0.6) is 5.75 Å². The van der Waals surface area contributed by atoms with Crippen LogP contribution >= 0.6 is 0 Å². The van der Waals surface area contributed by atoms with Gasteiger partial charge < -0.3 is 10.1 Å². The number of carbonyl (C=O) groups excluding carboxylic acids is 1. The Morgan fingerprint density at radius 1 is 1.09 bits per heavy atom. The maximum absolute atomic E-state index is 12.2. The molecule has 1 heterocycles. The Kier molecular flexibility index (Phi) is 3.87. The zero-order valence-corrected chi connectivity index (χ0v) is 12.1. The Hall–Kier alpha value is -3.08. The predicted molar refractivity (Wildman–Crippen MR) is 84.5 cm³/mol. The van der Waals surface area contributed by atoms with Gasteiger partial charge >= 0.3 is 0 Å². The normalized spacial score (nSPS) is 10.2. The highest BCUT2D eigenvalue weighted by Gasteiger charge is 2.06. The van der Waals surface area contributed by atoms with Crippen molar-refractivity contribution in [3.05, 3.63) is 72.6 Å². The lowest BCUT2D eigenvalue weighted by atomic mass is 10.2. The first-order valence-electron chi connectivity index (χ1n) is 6.82. The van der Waals surface area contributed by atoms with E-state index in [1.165, 1.54) is 0 Å². The summed E-state index contributed by atoms with van der Waals surface area (Å²) in [6.45, 7) is 0. The molecule has 0 atom stereocenters. The molecule has 3 aromatic rings. The molecule has 0 aliphatic heterocycles. The largest absolute Gasteiger partial charge is 0.497 e. The van der Waals surface area contributed by atoms with Crippen molar-refractivity contribution < 1.29 is 9.53 Å². The fourth-order valence-electron chi connectivity index (χ4n) is 2.06. The molecule has 0 radical (unpaired) electrons. The topological polar surface area (TPSA) is 56.1 Å². The number of benzene rings is 2. The van der Waals surface area contributed by atoms with Gasteiger partial charge in [-0.25, -0.2) is 4.68 Å². The number of ether oxygens (including phenoxy) is 1. The summed E-state index contributed by atoms with van der Waals surface area (Å²) in [6.07, 6.45) is 3.59. The van der Waals surface area contributed by atoms with Gasteiger partial charge in [0.05, 0.1) is 12.8 Å². The SMILES string of the molecule is COc1ccc(C(=O)Nc2ccc(-n3cccn3)cc2)cc1. The van der Waals surface area contributed by atoms with Crippen molar-refractivity contribution in [3.63, 3.8) is 0 Å². The first-order chi connectivity index (χ1) is 10.8. The third-order valence-corrected chi connectivity index (χ3v) is 3.25. The molecule has 0 spiro atoms. The summed E-state index contributed by atoms with van der Waals surface area (Å²) in [5.41, 5.74) is 2.25. The summed E-state index contributed by atoms with van der Waals surface area (Å²) >= 11 is 0. The van der Waals surface area contributed by atoms with E-state index in [9.17, 15) is 4.79 Å². The molecule has 22 heavy (non-hydrogen) atoms. The van der Waals surface area contributed by atoms with Crippen LogP contribution in [0.15, 0.2) is 67.0 Å². The van der Waals surface area contributed by atoms with Crippen LogP contribution in [0.3, 0.4) is 0 Å². The molecule has 110 valence electrons. The molecular weight excluding hydrogens is 278 g/mol. The summed E-state index contributed by atoms with van der Waals surface area (Å²) in [6, 6.07) is 16.3. The third kappa shape index (κ3) is 2.98. The Labute approximate surface area is 128 Å². The summed E-state index contributed by atoms with van der Waals surface area (Å²) in [5, 5.41) is 7.02. The van der Waals surface area contributed by atoms with Crippen molar-refractivity contribution >= 4 is 11.6 Å². The van der Waals surface area contributed by atoms with E-state index in [-0.39, 0.29) is 5.91 Å². The number of hydrogen-bond donors (Lipinski definition) is 1. The van der Waals surface area contributed by atoms with Crippen LogP contribution in [0.2, 0.25) is 0 Å². The average molecular weight is 293 g/mol. The highest BCUT2D eigenvalue weighted by Crippen LogP contribution is 2.15. The number of methoxy groups -OCH3 is 1. The summed E-state index contributed by atoms with van der Waals surface area (Å²) < 4.78 is 6.83. The van der Waals surface area contributed by atoms with Crippen LogP contribution in [0.25, 0.3) is 5.69 Å². The van der Waals surface area contributed by atoms with E-state index in [0.29, 0.717) is 5.56 Å². The van der Waals surface area contributed by atoms with Gasteiger partial charge in [-0.3, -0.25) is 4.79 Å². The molecule has 1 amide bonds. The van der Waals surface area contributed by atoms with Crippen molar-refractivity contribution in [1.29, 1.82) is 0 Å². The second-order valence-corrected chi connectivity index (χ2v) is 4.68. The number of rotatable bonds is 4. The van der Waals surface area contributed by atoms with Crippen molar-refractivity contribution in [3.8, 4) is 11.4 Å². The Balaban J connectivity index is 1.71. The van der Waals surface area contributed by atoms with E-state index in [2.05, 4.69) is 10.4 Å².